The summed E-state index contributed by atoms with van der Waals surface area (Å²) in [6.45, 7) is 0. The van der Waals surface area contributed by atoms with E-state index in [0.717, 1.165) is 4.31 Å². The van der Waals surface area contributed by atoms with Crippen molar-refractivity contribution >= 4 is 15.9 Å². The predicted octanol–water partition coefficient (Wildman–Crippen LogP) is 0.655. The summed E-state index contributed by atoms with van der Waals surface area (Å²) in [7, 11) is -0.727. The molecule has 2 rings (SSSR count). The fraction of sp³-hybridized carbons (Fsp3) is 0.222. The molecule has 0 bridgehead atoms. The maximum atomic E-state index is 11.8. The quantitative estimate of drug-likeness (QED) is 0.764. The number of ether oxygens (including phenoxy) is 1. The molecule has 0 radical (unpaired) electrons. The van der Waals surface area contributed by atoms with Crippen molar-refractivity contribution in [2.24, 2.45) is 0 Å². The molecule has 0 saturated heterocycles. The third-order valence-electron chi connectivity index (χ3n) is 2.40. The van der Waals surface area contributed by atoms with Crippen molar-refractivity contribution in [2.75, 3.05) is 14.2 Å². The van der Waals surface area contributed by atoms with Crippen molar-refractivity contribution in [3.05, 3.63) is 23.8 Å². The van der Waals surface area contributed by atoms with Crippen LogP contribution in [0.25, 0.3) is 0 Å². The van der Waals surface area contributed by atoms with E-state index < -0.39 is 10.0 Å². The lowest BCUT2D eigenvalue weighted by atomic mass is 10.2. The molecule has 15 heavy (non-hydrogen) atoms. The fourth-order valence-electron chi connectivity index (χ4n) is 1.55. The molecule has 0 saturated carbocycles. The normalized spacial score (nSPS) is 17.7. The highest BCUT2D eigenvalue weighted by atomic mass is 32.2. The highest BCUT2D eigenvalue weighted by Gasteiger charge is 2.37. The van der Waals surface area contributed by atoms with Crippen LogP contribution in [-0.2, 0) is 10.0 Å². The van der Waals surface area contributed by atoms with Crippen molar-refractivity contribution < 1.29 is 13.2 Å². The number of fused-ring (bicyclic) bond motifs is 1. The van der Waals surface area contributed by atoms with Crippen molar-refractivity contribution in [2.45, 2.75) is 4.90 Å². The van der Waals surface area contributed by atoms with Gasteiger partial charge in [0.1, 0.15) is 16.5 Å². The molecular weight excluding hydrogens is 216 g/mol. The van der Waals surface area contributed by atoms with Gasteiger partial charge in [-0.05, 0) is 12.1 Å². The topological polar surface area (TPSA) is 70.5 Å². The number of methoxy groups -OCH3 is 1. The largest absolute Gasteiger partial charge is 0.496 e. The SMILES string of the molecule is COc1cccc2c1C(=N)N(C)S2(=O)=O. The smallest absolute Gasteiger partial charge is 0.266 e. The fourth-order valence-corrected chi connectivity index (χ4v) is 2.89. The molecule has 1 heterocycles. The number of rotatable bonds is 1. The molecule has 0 aromatic heterocycles. The van der Waals surface area contributed by atoms with Gasteiger partial charge in [-0.15, -0.1) is 0 Å². The summed E-state index contributed by atoms with van der Waals surface area (Å²) in [6, 6.07) is 4.72. The van der Waals surface area contributed by atoms with Gasteiger partial charge in [0.15, 0.2) is 0 Å². The predicted molar refractivity (Wildman–Crippen MR) is 54.8 cm³/mol. The molecule has 1 N–H and O–H groups in total. The van der Waals surface area contributed by atoms with Crippen LogP contribution in [0.4, 0.5) is 0 Å². The van der Waals surface area contributed by atoms with Crippen molar-refractivity contribution in [3.63, 3.8) is 0 Å². The highest BCUT2D eigenvalue weighted by Crippen LogP contribution is 2.34. The lowest BCUT2D eigenvalue weighted by Crippen LogP contribution is -2.25. The maximum absolute atomic E-state index is 11.8. The minimum absolute atomic E-state index is 0.0533. The van der Waals surface area contributed by atoms with E-state index in [4.69, 9.17) is 10.1 Å². The highest BCUT2D eigenvalue weighted by molar-refractivity contribution is 7.90. The number of amidine groups is 1. The number of nitrogens with one attached hydrogen (secondary N) is 1. The second kappa shape index (κ2) is 2.96. The van der Waals surface area contributed by atoms with E-state index in [1.807, 2.05) is 0 Å². The lowest BCUT2D eigenvalue weighted by molar-refractivity contribution is 0.412. The summed E-state index contributed by atoms with van der Waals surface area (Å²) >= 11 is 0. The first-order valence-corrected chi connectivity index (χ1v) is 5.69. The van der Waals surface area contributed by atoms with Gasteiger partial charge in [0.25, 0.3) is 10.0 Å². The van der Waals surface area contributed by atoms with Crippen LogP contribution in [0.2, 0.25) is 0 Å². The summed E-state index contributed by atoms with van der Waals surface area (Å²) in [5, 5.41) is 7.70. The molecule has 80 valence electrons. The first-order valence-electron chi connectivity index (χ1n) is 4.25. The van der Waals surface area contributed by atoms with E-state index in [0.29, 0.717) is 11.3 Å². The van der Waals surface area contributed by atoms with Gasteiger partial charge in [-0.25, -0.2) is 8.42 Å². The molecule has 0 unspecified atom stereocenters. The van der Waals surface area contributed by atoms with Gasteiger partial charge >= 0.3 is 0 Å². The molecule has 0 atom stereocenters. The summed E-state index contributed by atoms with van der Waals surface area (Å²) < 4.78 is 29.6. The number of hydrogen-bond acceptors (Lipinski definition) is 4. The first kappa shape index (κ1) is 9.97. The lowest BCUT2D eigenvalue weighted by Gasteiger charge is -2.08. The van der Waals surface area contributed by atoms with Crippen LogP contribution < -0.4 is 4.74 Å². The molecule has 0 fully saturated rings. The number of nitrogens with zero attached hydrogens (tertiary/aromatic N) is 1. The van der Waals surface area contributed by atoms with Crippen LogP contribution in [0, 0.1) is 5.41 Å². The molecule has 6 heteroatoms. The second-order valence-electron chi connectivity index (χ2n) is 3.15. The third-order valence-corrected chi connectivity index (χ3v) is 4.20. The Kier molecular flexibility index (Phi) is 1.97. The Hall–Kier alpha value is -1.56. The van der Waals surface area contributed by atoms with E-state index >= 15 is 0 Å². The van der Waals surface area contributed by atoms with Crippen LogP contribution in [0.15, 0.2) is 23.1 Å². The minimum Gasteiger partial charge on any atom is -0.496 e. The Balaban J connectivity index is 2.82. The zero-order valence-corrected chi connectivity index (χ0v) is 9.13. The average Bonchev–Trinajstić information content (AvgIpc) is 2.41. The van der Waals surface area contributed by atoms with Gasteiger partial charge in [-0.2, -0.15) is 0 Å². The van der Waals surface area contributed by atoms with Crippen molar-refractivity contribution in [1.82, 2.24) is 4.31 Å². The third kappa shape index (κ3) is 1.14. The van der Waals surface area contributed by atoms with E-state index in [1.165, 1.54) is 20.2 Å². The second-order valence-corrected chi connectivity index (χ2v) is 5.09. The van der Waals surface area contributed by atoms with E-state index in [9.17, 15) is 8.42 Å². The molecular formula is C9H10N2O3S. The zero-order valence-electron chi connectivity index (χ0n) is 8.31. The van der Waals surface area contributed by atoms with Crippen LogP contribution in [-0.4, -0.2) is 32.7 Å². The summed E-state index contributed by atoms with van der Waals surface area (Å²) in [6.07, 6.45) is 0. The van der Waals surface area contributed by atoms with Gasteiger partial charge in [-0.3, -0.25) is 9.71 Å². The molecule has 1 aliphatic rings. The van der Waals surface area contributed by atoms with Crippen LogP contribution >= 0.6 is 0 Å². The summed E-state index contributed by atoms with van der Waals surface area (Å²) in [5.74, 6) is 0.355. The Morgan fingerprint density at radius 3 is 2.67 bits per heavy atom. The molecule has 0 amide bonds. The van der Waals surface area contributed by atoms with Crippen LogP contribution in [0.3, 0.4) is 0 Å². The standard InChI is InChI=1S/C9H10N2O3S/c1-11-9(10)8-6(14-2)4-3-5-7(8)15(11,12)13/h3-5,10H,1-2H3. The minimum atomic E-state index is -3.54. The Labute approximate surface area is 87.8 Å². The van der Waals surface area contributed by atoms with Gasteiger partial charge in [-0.1, -0.05) is 6.07 Å². The van der Waals surface area contributed by atoms with Gasteiger partial charge in [0.2, 0.25) is 0 Å². The molecule has 5 nitrogen and oxygen atoms in total. The van der Waals surface area contributed by atoms with Crippen LogP contribution in [0.1, 0.15) is 5.56 Å². The van der Waals surface area contributed by atoms with E-state index in [2.05, 4.69) is 0 Å². The Morgan fingerprint density at radius 1 is 1.40 bits per heavy atom. The summed E-state index contributed by atoms with van der Waals surface area (Å²) in [5.41, 5.74) is 0.336. The Morgan fingerprint density at radius 2 is 2.07 bits per heavy atom. The average molecular weight is 226 g/mol. The molecule has 0 aliphatic carbocycles. The summed E-state index contributed by atoms with van der Waals surface area (Å²) in [4.78, 5) is 0.134. The Bertz CT molecular complexity index is 536. The monoisotopic (exact) mass is 226 g/mol. The zero-order chi connectivity index (χ0) is 11.2. The molecule has 0 spiro atoms. The maximum Gasteiger partial charge on any atom is 0.266 e. The van der Waals surface area contributed by atoms with Crippen molar-refractivity contribution in [1.29, 1.82) is 5.41 Å². The van der Waals surface area contributed by atoms with Gasteiger partial charge in [0.05, 0.1) is 12.7 Å². The number of sulfonamides is 1. The first-order chi connectivity index (χ1) is 7.00. The molecule has 1 aromatic carbocycles. The van der Waals surface area contributed by atoms with Gasteiger partial charge in [0, 0.05) is 7.05 Å². The van der Waals surface area contributed by atoms with E-state index in [-0.39, 0.29) is 10.7 Å². The van der Waals surface area contributed by atoms with Gasteiger partial charge < -0.3 is 4.74 Å². The number of benzene rings is 1. The number of hydrogen-bond donors (Lipinski definition) is 1. The van der Waals surface area contributed by atoms with Crippen molar-refractivity contribution in [3.8, 4) is 5.75 Å². The van der Waals surface area contributed by atoms with E-state index in [1.54, 1.807) is 12.1 Å². The van der Waals surface area contributed by atoms with Crippen LogP contribution in [0.5, 0.6) is 5.75 Å². The molecule has 1 aliphatic heterocycles. The molecule has 1 aromatic rings.